The molecule has 0 bridgehead atoms. The lowest BCUT2D eigenvalue weighted by molar-refractivity contribution is 0.669. The van der Waals surface area contributed by atoms with Gasteiger partial charge in [0, 0.05) is 44.5 Å². The second kappa shape index (κ2) is 9.96. The van der Waals surface area contributed by atoms with E-state index in [1.54, 1.807) is 0 Å². The van der Waals surface area contributed by atoms with Crippen molar-refractivity contribution < 1.29 is 4.42 Å². The molecule has 0 spiro atoms. The van der Waals surface area contributed by atoms with Gasteiger partial charge in [0.25, 0.3) is 0 Å². The van der Waals surface area contributed by atoms with Gasteiger partial charge < -0.3 is 13.6 Å². The molecule has 0 aliphatic rings. The Bertz CT molecular complexity index is 3100. The Kier molecular flexibility index (Phi) is 5.38. The average molecular weight is 625 g/mol. The first-order valence-corrected chi connectivity index (χ1v) is 16.8. The van der Waals surface area contributed by atoms with Gasteiger partial charge in [0.05, 0.1) is 16.6 Å². The highest BCUT2D eigenvalue weighted by Gasteiger charge is 2.19. The Morgan fingerprint density at radius 3 is 1.92 bits per heavy atom. The molecule has 228 valence electrons. The number of furan rings is 1. The highest BCUT2D eigenvalue weighted by atomic mass is 16.3. The fraction of sp³-hybridized carbons (Fsp3) is 0. The molecule has 0 saturated carbocycles. The zero-order valence-electron chi connectivity index (χ0n) is 26.5. The smallest absolute Gasteiger partial charge is 0.135 e. The van der Waals surface area contributed by atoms with E-state index in [9.17, 15) is 0 Å². The minimum absolute atomic E-state index is 0.908. The van der Waals surface area contributed by atoms with Crippen LogP contribution < -0.4 is 0 Å². The van der Waals surface area contributed by atoms with Crippen molar-refractivity contribution in [3.8, 4) is 22.5 Å². The van der Waals surface area contributed by atoms with Gasteiger partial charge in [-0.15, -0.1) is 0 Å². The molecule has 3 heteroatoms. The Labute approximate surface area is 281 Å². The van der Waals surface area contributed by atoms with Crippen LogP contribution in [-0.4, -0.2) is 9.13 Å². The fourth-order valence-corrected chi connectivity index (χ4v) is 8.10. The second-order valence-electron chi connectivity index (χ2n) is 13.0. The molecule has 0 fully saturated rings. The van der Waals surface area contributed by atoms with Crippen LogP contribution >= 0.6 is 0 Å². The number of benzene rings is 8. The van der Waals surface area contributed by atoms with Gasteiger partial charge in [-0.3, -0.25) is 0 Å². The van der Waals surface area contributed by atoms with Crippen LogP contribution in [0.5, 0.6) is 0 Å². The summed E-state index contributed by atoms with van der Waals surface area (Å²) >= 11 is 0. The van der Waals surface area contributed by atoms with Crippen LogP contribution in [0.2, 0.25) is 0 Å². The largest absolute Gasteiger partial charge is 0.456 e. The van der Waals surface area contributed by atoms with Gasteiger partial charge in [0.1, 0.15) is 11.2 Å². The van der Waals surface area contributed by atoms with E-state index in [0.717, 1.165) is 33.3 Å². The van der Waals surface area contributed by atoms with E-state index in [2.05, 4.69) is 167 Å². The van der Waals surface area contributed by atoms with E-state index in [-0.39, 0.29) is 0 Å². The Morgan fingerprint density at radius 2 is 1.06 bits per heavy atom. The number of rotatable bonds is 3. The van der Waals surface area contributed by atoms with Crippen molar-refractivity contribution >= 4 is 76.2 Å². The van der Waals surface area contributed by atoms with Gasteiger partial charge in [-0.1, -0.05) is 103 Å². The zero-order valence-corrected chi connectivity index (χ0v) is 26.5. The van der Waals surface area contributed by atoms with Crippen molar-refractivity contribution in [1.29, 1.82) is 0 Å². The van der Waals surface area contributed by atoms with Crippen molar-refractivity contribution in [3.05, 3.63) is 170 Å². The maximum absolute atomic E-state index is 6.12. The van der Waals surface area contributed by atoms with Crippen LogP contribution in [0, 0.1) is 0 Å². The zero-order chi connectivity index (χ0) is 32.1. The highest BCUT2D eigenvalue weighted by molar-refractivity contribution is 6.32. The lowest BCUT2D eigenvalue weighted by atomic mass is 9.95. The van der Waals surface area contributed by atoms with Gasteiger partial charge in [0.2, 0.25) is 0 Å². The number of para-hydroxylation sites is 2. The molecule has 0 radical (unpaired) electrons. The fourth-order valence-electron chi connectivity index (χ4n) is 8.10. The average Bonchev–Trinajstić information content (AvgIpc) is 3.86. The third kappa shape index (κ3) is 3.78. The van der Waals surface area contributed by atoms with Crippen molar-refractivity contribution in [1.82, 2.24) is 9.13 Å². The van der Waals surface area contributed by atoms with Crippen molar-refractivity contribution in [2.24, 2.45) is 0 Å². The summed E-state index contributed by atoms with van der Waals surface area (Å²) in [6, 6.07) is 59.2. The van der Waals surface area contributed by atoms with E-state index in [1.807, 2.05) is 12.1 Å². The Balaban J connectivity index is 1.16. The van der Waals surface area contributed by atoms with E-state index in [1.165, 1.54) is 65.4 Å². The SMILES string of the molecule is c1ccc(-n2c3ccc(-c4ccc5ccn(-c6ccc7oc8ccccc8c7c6)c5c4)cc3c3c4ccccc4c4ccccc4c32)cc1. The van der Waals surface area contributed by atoms with E-state index < -0.39 is 0 Å². The molecule has 0 aliphatic heterocycles. The number of fused-ring (bicyclic) bond motifs is 12. The van der Waals surface area contributed by atoms with E-state index in [4.69, 9.17) is 4.42 Å². The first-order valence-electron chi connectivity index (χ1n) is 16.8. The van der Waals surface area contributed by atoms with Crippen molar-refractivity contribution in [2.45, 2.75) is 0 Å². The molecule has 0 aliphatic carbocycles. The third-order valence-corrected chi connectivity index (χ3v) is 10.3. The second-order valence-corrected chi connectivity index (χ2v) is 13.0. The van der Waals surface area contributed by atoms with E-state index in [0.29, 0.717) is 0 Å². The number of hydrogen-bond acceptors (Lipinski definition) is 1. The monoisotopic (exact) mass is 624 g/mol. The van der Waals surface area contributed by atoms with Gasteiger partial charge in [-0.25, -0.2) is 0 Å². The molecule has 11 aromatic rings. The maximum atomic E-state index is 6.12. The summed E-state index contributed by atoms with van der Waals surface area (Å²) in [5.41, 5.74) is 10.1. The molecule has 0 unspecified atom stereocenters. The molecule has 0 amide bonds. The minimum Gasteiger partial charge on any atom is -0.456 e. The summed E-state index contributed by atoms with van der Waals surface area (Å²) in [6.07, 6.45) is 2.17. The van der Waals surface area contributed by atoms with Gasteiger partial charge in [-0.05, 0) is 93.3 Å². The van der Waals surface area contributed by atoms with Crippen molar-refractivity contribution in [2.75, 3.05) is 0 Å². The van der Waals surface area contributed by atoms with Gasteiger partial charge in [-0.2, -0.15) is 0 Å². The highest BCUT2D eigenvalue weighted by Crippen LogP contribution is 2.43. The molecule has 3 heterocycles. The lowest BCUT2D eigenvalue weighted by Crippen LogP contribution is -1.94. The summed E-state index contributed by atoms with van der Waals surface area (Å²) in [5.74, 6) is 0. The molecule has 8 aromatic carbocycles. The molecular formula is C46H28N2O. The summed E-state index contributed by atoms with van der Waals surface area (Å²) in [5, 5.41) is 11.1. The van der Waals surface area contributed by atoms with Crippen LogP contribution in [0.15, 0.2) is 174 Å². The molecule has 0 saturated heterocycles. The topological polar surface area (TPSA) is 23.0 Å². The van der Waals surface area contributed by atoms with Crippen molar-refractivity contribution in [3.63, 3.8) is 0 Å². The van der Waals surface area contributed by atoms with Gasteiger partial charge in [0.15, 0.2) is 0 Å². The van der Waals surface area contributed by atoms with Crippen LogP contribution in [0.25, 0.3) is 98.7 Å². The summed E-state index contributed by atoms with van der Waals surface area (Å²) < 4.78 is 10.9. The quantitative estimate of drug-likeness (QED) is 0.179. The first kappa shape index (κ1) is 26.5. The van der Waals surface area contributed by atoms with E-state index >= 15 is 0 Å². The standard InChI is InChI=1S/C46H28N2O/c1-2-10-32(11-3-1)48-41-22-20-30(26-40(41)45-37-15-6-4-12-34(37)35-13-5-7-16-38(35)46(45)48)31-19-18-29-24-25-47(42(29)27-31)33-21-23-44-39(28-33)36-14-8-9-17-43(36)49-44/h1-28H. The first-order chi connectivity index (χ1) is 24.3. The number of nitrogens with zero attached hydrogens (tertiary/aromatic N) is 2. The minimum atomic E-state index is 0.908. The van der Waals surface area contributed by atoms with Crippen LogP contribution in [0.4, 0.5) is 0 Å². The molecule has 0 N–H and O–H groups in total. The predicted octanol–water partition coefficient (Wildman–Crippen LogP) is 12.6. The molecule has 0 atom stereocenters. The Morgan fingerprint density at radius 1 is 0.388 bits per heavy atom. The maximum Gasteiger partial charge on any atom is 0.135 e. The molecular weight excluding hydrogens is 597 g/mol. The lowest BCUT2D eigenvalue weighted by Gasteiger charge is -2.12. The predicted molar refractivity (Wildman–Crippen MR) is 205 cm³/mol. The Hall–Kier alpha value is -6.58. The number of hydrogen-bond donors (Lipinski definition) is 0. The third-order valence-electron chi connectivity index (χ3n) is 10.3. The summed E-state index contributed by atoms with van der Waals surface area (Å²) in [7, 11) is 0. The molecule has 3 aromatic heterocycles. The van der Waals surface area contributed by atoms with Crippen LogP contribution in [0.1, 0.15) is 0 Å². The summed E-state index contributed by atoms with van der Waals surface area (Å²) in [4.78, 5) is 0. The molecule has 3 nitrogen and oxygen atoms in total. The van der Waals surface area contributed by atoms with Gasteiger partial charge >= 0.3 is 0 Å². The van der Waals surface area contributed by atoms with Crippen LogP contribution in [-0.2, 0) is 0 Å². The van der Waals surface area contributed by atoms with Crippen LogP contribution in [0.3, 0.4) is 0 Å². The molecule has 11 rings (SSSR count). The molecule has 49 heavy (non-hydrogen) atoms. The summed E-state index contributed by atoms with van der Waals surface area (Å²) in [6.45, 7) is 0. The normalized spacial score (nSPS) is 12.1. The number of aromatic nitrogens is 2.